The molecule has 4 nitrogen and oxygen atoms in total. The van der Waals surface area contributed by atoms with Crippen molar-refractivity contribution in [1.29, 1.82) is 0 Å². The van der Waals surface area contributed by atoms with E-state index in [2.05, 4.69) is 15.3 Å². The van der Waals surface area contributed by atoms with E-state index < -0.39 is 11.6 Å². The number of benzene rings is 1. The molecule has 0 radical (unpaired) electrons. The van der Waals surface area contributed by atoms with Crippen LogP contribution >= 0.6 is 0 Å². The minimum absolute atomic E-state index is 0.0130. The molecular weight excluding hydrogens is 252 g/mol. The maximum absolute atomic E-state index is 13.2. The first-order chi connectivity index (χ1) is 9.22. The minimum Gasteiger partial charge on any atom is -0.378 e. The number of ether oxygens (including phenoxy) is 1. The summed E-state index contributed by atoms with van der Waals surface area (Å²) in [7, 11) is 0. The monoisotopic (exact) mass is 265 g/mol. The van der Waals surface area contributed by atoms with E-state index >= 15 is 0 Å². The summed E-state index contributed by atoms with van der Waals surface area (Å²) in [5.41, 5.74) is 1.02. The largest absolute Gasteiger partial charge is 0.378 e. The number of rotatable bonds is 2. The van der Waals surface area contributed by atoms with Gasteiger partial charge in [0.1, 0.15) is 17.5 Å². The Balaban J connectivity index is 1.87. The number of halogens is 2. The van der Waals surface area contributed by atoms with Crippen LogP contribution in [0.5, 0.6) is 0 Å². The summed E-state index contributed by atoms with van der Waals surface area (Å²) in [6.07, 6.45) is 1.57. The molecule has 1 fully saturated rings. The third-order valence-corrected chi connectivity index (χ3v) is 3.02. The van der Waals surface area contributed by atoms with Crippen LogP contribution in [0.2, 0.25) is 0 Å². The van der Waals surface area contributed by atoms with Crippen molar-refractivity contribution in [2.75, 3.05) is 19.8 Å². The summed E-state index contributed by atoms with van der Waals surface area (Å²) >= 11 is 0. The molecule has 0 bridgehead atoms. The second-order valence-electron chi connectivity index (χ2n) is 4.42. The van der Waals surface area contributed by atoms with E-state index in [1.165, 1.54) is 12.1 Å². The smallest absolute Gasteiger partial charge is 0.126 e. The van der Waals surface area contributed by atoms with Gasteiger partial charge in [-0.3, -0.25) is 0 Å². The van der Waals surface area contributed by atoms with E-state index in [1.54, 1.807) is 6.20 Å². The Morgan fingerprint density at radius 1 is 1.21 bits per heavy atom. The van der Waals surface area contributed by atoms with Crippen molar-refractivity contribution in [2.24, 2.45) is 0 Å². The maximum Gasteiger partial charge on any atom is 0.126 e. The van der Waals surface area contributed by atoms with E-state index in [-0.39, 0.29) is 6.04 Å². The van der Waals surface area contributed by atoms with Gasteiger partial charge in [-0.25, -0.2) is 13.8 Å². The molecular formula is C13H13F2N3O. The lowest BCUT2D eigenvalue weighted by Crippen LogP contribution is -2.35. The molecule has 0 saturated carbocycles. The van der Waals surface area contributed by atoms with Gasteiger partial charge in [-0.1, -0.05) is 0 Å². The molecule has 2 heterocycles. The zero-order chi connectivity index (χ0) is 13.2. The number of hydrogen-bond donors (Lipinski definition) is 2. The first kappa shape index (κ1) is 12.3. The molecule has 2 N–H and O–H groups in total. The fraction of sp³-hybridized carbons (Fsp3) is 0.308. The van der Waals surface area contributed by atoms with Gasteiger partial charge in [0.05, 0.1) is 31.1 Å². The van der Waals surface area contributed by atoms with Crippen molar-refractivity contribution >= 4 is 0 Å². The molecule has 1 atom stereocenters. The van der Waals surface area contributed by atoms with E-state index in [0.717, 1.165) is 12.6 Å². The van der Waals surface area contributed by atoms with Gasteiger partial charge >= 0.3 is 0 Å². The Kier molecular flexibility index (Phi) is 3.27. The Hall–Kier alpha value is -1.79. The lowest BCUT2D eigenvalue weighted by molar-refractivity contribution is 0.0745. The van der Waals surface area contributed by atoms with Gasteiger partial charge in [-0.2, -0.15) is 0 Å². The molecule has 1 aliphatic heterocycles. The highest BCUT2D eigenvalue weighted by Crippen LogP contribution is 2.22. The van der Waals surface area contributed by atoms with E-state index in [1.807, 2.05) is 0 Å². The predicted octanol–water partition coefficient (Wildman–Crippen LogP) is 2.02. The van der Waals surface area contributed by atoms with Crippen molar-refractivity contribution < 1.29 is 13.5 Å². The molecule has 1 aromatic carbocycles. The number of imidazole rings is 1. The Morgan fingerprint density at radius 3 is 2.68 bits per heavy atom. The van der Waals surface area contributed by atoms with Gasteiger partial charge in [-0.05, 0) is 12.1 Å². The number of H-pyrrole nitrogens is 1. The molecule has 1 unspecified atom stereocenters. The molecule has 0 aliphatic carbocycles. The van der Waals surface area contributed by atoms with Gasteiger partial charge in [0.2, 0.25) is 0 Å². The number of nitrogens with one attached hydrogen (secondary N) is 2. The van der Waals surface area contributed by atoms with Crippen molar-refractivity contribution in [3.8, 4) is 11.3 Å². The summed E-state index contributed by atoms with van der Waals surface area (Å²) in [4.78, 5) is 7.30. The molecule has 0 amide bonds. The highest BCUT2D eigenvalue weighted by atomic mass is 19.1. The number of morpholine rings is 1. The van der Waals surface area contributed by atoms with Gasteiger partial charge in [0.15, 0.2) is 0 Å². The minimum atomic E-state index is -0.606. The third-order valence-electron chi connectivity index (χ3n) is 3.02. The van der Waals surface area contributed by atoms with Crippen LogP contribution in [0.1, 0.15) is 11.9 Å². The summed E-state index contributed by atoms with van der Waals surface area (Å²) in [6.45, 7) is 1.97. The van der Waals surface area contributed by atoms with E-state index in [4.69, 9.17) is 4.74 Å². The molecule has 1 aromatic heterocycles. The average molecular weight is 265 g/mol. The van der Waals surface area contributed by atoms with Crippen LogP contribution in [0, 0.1) is 11.6 Å². The van der Waals surface area contributed by atoms with Crippen molar-refractivity contribution in [3.05, 3.63) is 41.9 Å². The normalized spacial score (nSPS) is 19.6. The van der Waals surface area contributed by atoms with Crippen LogP contribution < -0.4 is 5.32 Å². The lowest BCUT2D eigenvalue weighted by Gasteiger charge is -2.21. The van der Waals surface area contributed by atoms with Crippen LogP contribution in [-0.2, 0) is 4.74 Å². The van der Waals surface area contributed by atoms with Crippen LogP contribution in [0.25, 0.3) is 11.3 Å². The van der Waals surface area contributed by atoms with Crippen LogP contribution in [0.3, 0.4) is 0 Å². The fourth-order valence-electron chi connectivity index (χ4n) is 2.11. The predicted molar refractivity (Wildman–Crippen MR) is 65.5 cm³/mol. The number of nitrogens with zero attached hydrogens (tertiary/aromatic N) is 1. The molecule has 6 heteroatoms. The average Bonchev–Trinajstić information content (AvgIpc) is 2.88. The molecule has 19 heavy (non-hydrogen) atoms. The summed E-state index contributed by atoms with van der Waals surface area (Å²) in [6, 6.07) is 3.37. The van der Waals surface area contributed by atoms with Gasteiger partial charge < -0.3 is 15.0 Å². The third kappa shape index (κ3) is 2.64. The molecule has 3 rings (SSSR count). The first-order valence-corrected chi connectivity index (χ1v) is 6.05. The van der Waals surface area contributed by atoms with Crippen molar-refractivity contribution in [3.63, 3.8) is 0 Å². The summed E-state index contributed by atoms with van der Waals surface area (Å²) in [5.74, 6) is -0.505. The topological polar surface area (TPSA) is 49.9 Å². The molecule has 1 saturated heterocycles. The summed E-state index contributed by atoms with van der Waals surface area (Å²) in [5, 5.41) is 3.26. The van der Waals surface area contributed by atoms with E-state index in [9.17, 15) is 8.78 Å². The fourth-order valence-corrected chi connectivity index (χ4v) is 2.11. The molecule has 2 aromatic rings. The maximum atomic E-state index is 13.2. The Bertz CT molecular complexity index is 559. The van der Waals surface area contributed by atoms with E-state index in [0.29, 0.717) is 30.3 Å². The second-order valence-corrected chi connectivity index (χ2v) is 4.42. The molecule has 1 aliphatic rings. The zero-order valence-electron chi connectivity index (χ0n) is 10.1. The number of aromatic amines is 1. The standard InChI is InChI=1S/C13H13F2N3O/c14-9-3-8(4-10(15)5-9)11-6-17-13(18-11)12-7-19-2-1-16-12/h3-6,12,16H,1-2,7H2,(H,17,18). The SMILES string of the molecule is Fc1cc(F)cc(-c2cnc(C3COCCN3)[nH]2)c1. The Morgan fingerprint density at radius 2 is 2.00 bits per heavy atom. The lowest BCUT2D eigenvalue weighted by atomic mass is 10.1. The van der Waals surface area contributed by atoms with Gasteiger partial charge in [0.25, 0.3) is 0 Å². The van der Waals surface area contributed by atoms with Gasteiger partial charge in [-0.15, -0.1) is 0 Å². The first-order valence-electron chi connectivity index (χ1n) is 6.05. The highest BCUT2D eigenvalue weighted by molar-refractivity contribution is 5.58. The van der Waals surface area contributed by atoms with Crippen molar-refractivity contribution in [1.82, 2.24) is 15.3 Å². The summed E-state index contributed by atoms with van der Waals surface area (Å²) < 4.78 is 31.7. The molecule has 0 spiro atoms. The Labute approximate surface area is 108 Å². The zero-order valence-corrected chi connectivity index (χ0v) is 10.1. The number of aromatic nitrogens is 2. The van der Waals surface area contributed by atoms with Crippen LogP contribution in [0.4, 0.5) is 8.78 Å². The highest BCUT2D eigenvalue weighted by Gasteiger charge is 2.18. The second kappa shape index (κ2) is 5.07. The molecule has 100 valence electrons. The van der Waals surface area contributed by atoms with Crippen molar-refractivity contribution in [2.45, 2.75) is 6.04 Å². The van der Waals surface area contributed by atoms with Gasteiger partial charge in [0, 0.05) is 18.2 Å². The number of hydrogen-bond acceptors (Lipinski definition) is 3. The quantitative estimate of drug-likeness (QED) is 0.873. The van der Waals surface area contributed by atoms with Crippen LogP contribution in [0.15, 0.2) is 24.4 Å². The van der Waals surface area contributed by atoms with Crippen LogP contribution in [-0.4, -0.2) is 29.7 Å².